The number of nitrogens with zero attached hydrogens (tertiary/aromatic N) is 1. The summed E-state index contributed by atoms with van der Waals surface area (Å²) in [5.74, 6) is 0.589. The Kier molecular flexibility index (Phi) is 7.86. The molecule has 0 radical (unpaired) electrons. The summed E-state index contributed by atoms with van der Waals surface area (Å²) in [4.78, 5) is 26.9. The number of hydrogen-bond donors (Lipinski definition) is 1. The molecule has 0 spiro atoms. The van der Waals surface area contributed by atoms with E-state index in [1.54, 1.807) is 18.9 Å². The van der Waals surface area contributed by atoms with Gasteiger partial charge in [-0.3, -0.25) is 9.59 Å². The van der Waals surface area contributed by atoms with Crippen LogP contribution in [-0.4, -0.2) is 29.9 Å². The third-order valence-electron chi connectivity index (χ3n) is 4.45. The highest BCUT2D eigenvalue weighted by atomic mass is 16.5. The molecule has 1 atom stereocenters. The predicted molar refractivity (Wildman–Crippen MR) is 106 cm³/mol. The van der Waals surface area contributed by atoms with Crippen molar-refractivity contribution in [1.29, 1.82) is 0 Å². The topological polar surface area (TPSA) is 58.6 Å². The number of benzene rings is 2. The van der Waals surface area contributed by atoms with Gasteiger partial charge in [0.15, 0.2) is 0 Å². The Bertz CT molecular complexity index is 729. The molecule has 1 N–H and O–H groups in total. The fourth-order valence-corrected chi connectivity index (χ4v) is 2.80. The van der Waals surface area contributed by atoms with Crippen LogP contribution in [0.25, 0.3) is 0 Å². The van der Waals surface area contributed by atoms with Gasteiger partial charge in [-0.25, -0.2) is 0 Å². The summed E-state index contributed by atoms with van der Waals surface area (Å²) in [5, 5.41) is 2.93. The van der Waals surface area contributed by atoms with Crippen LogP contribution >= 0.6 is 0 Å². The van der Waals surface area contributed by atoms with Crippen molar-refractivity contribution in [2.24, 2.45) is 0 Å². The zero-order valence-corrected chi connectivity index (χ0v) is 16.3. The summed E-state index contributed by atoms with van der Waals surface area (Å²) in [6.45, 7) is 4.58. The summed E-state index contributed by atoms with van der Waals surface area (Å²) < 4.78 is 5.18. The number of rotatable bonds is 9. The van der Waals surface area contributed by atoms with Crippen molar-refractivity contribution in [2.45, 2.75) is 45.8 Å². The Hall–Kier alpha value is -2.82. The SMILES string of the molecule is CCCC(=O)N(Cc1ccc(OC)cc1)C(C)C(=O)NCc1ccccc1. The lowest BCUT2D eigenvalue weighted by Gasteiger charge is -2.29. The molecule has 0 aliphatic heterocycles. The molecule has 144 valence electrons. The molecular formula is C22H28N2O3. The average Bonchev–Trinajstić information content (AvgIpc) is 2.71. The van der Waals surface area contributed by atoms with Crippen LogP contribution in [0.4, 0.5) is 0 Å². The van der Waals surface area contributed by atoms with Gasteiger partial charge in [0, 0.05) is 19.5 Å². The van der Waals surface area contributed by atoms with Crippen molar-refractivity contribution in [3.05, 3.63) is 65.7 Å². The van der Waals surface area contributed by atoms with Gasteiger partial charge in [-0.2, -0.15) is 0 Å². The van der Waals surface area contributed by atoms with Crippen LogP contribution in [0.2, 0.25) is 0 Å². The van der Waals surface area contributed by atoms with Crippen molar-refractivity contribution in [3.63, 3.8) is 0 Å². The van der Waals surface area contributed by atoms with E-state index in [-0.39, 0.29) is 11.8 Å². The standard InChI is InChI=1S/C22H28N2O3/c1-4-8-21(25)24(16-19-11-13-20(27-3)14-12-19)17(2)22(26)23-15-18-9-6-5-7-10-18/h5-7,9-14,17H,4,8,15-16H2,1-3H3,(H,23,26). The molecule has 5 nitrogen and oxygen atoms in total. The molecule has 0 fully saturated rings. The summed E-state index contributed by atoms with van der Waals surface area (Å²) in [7, 11) is 1.62. The van der Waals surface area contributed by atoms with Crippen molar-refractivity contribution in [2.75, 3.05) is 7.11 Å². The summed E-state index contributed by atoms with van der Waals surface area (Å²) >= 11 is 0. The van der Waals surface area contributed by atoms with E-state index in [2.05, 4.69) is 5.32 Å². The fourth-order valence-electron chi connectivity index (χ4n) is 2.80. The number of hydrogen-bond acceptors (Lipinski definition) is 3. The van der Waals surface area contributed by atoms with Crippen LogP contribution in [-0.2, 0) is 22.7 Å². The van der Waals surface area contributed by atoms with E-state index in [0.29, 0.717) is 19.5 Å². The number of amides is 2. The van der Waals surface area contributed by atoms with Crippen molar-refractivity contribution < 1.29 is 14.3 Å². The van der Waals surface area contributed by atoms with E-state index in [1.807, 2.05) is 61.5 Å². The monoisotopic (exact) mass is 368 g/mol. The normalized spacial score (nSPS) is 11.5. The Balaban J connectivity index is 2.06. The summed E-state index contributed by atoms with van der Waals surface area (Å²) in [6.07, 6.45) is 1.17. The third-order valence-corrected chi connectivity index (χ3v) is 4.45. The molecular weight excluding hydrogens is 340 g/mol. The molecule has 0 aliphatic rings. The van der Waals surface area contributed by atoms with Gasteiger partial charge in [0.1, 0.15) is 11.8 Å². The molecule has 1 unspecified atom stereocenters. The molecule has 0 heterocycles. The van der Waals surface area contributed by atoms with Gasteiger partial charge >= 0.3 is 0 Å². The first-order valence-electron chi connectivity index (χ1n) is 9.29. The molecule has 0 saturated heterocycles. The number of carbonyl (C=O) groups excluding carboxylic acids is 2. The Morgan fingerprint density at radius 1 is 1.04 bits per heavy atom. The van der Waals surface area contributed by atoms with E-state index >= 15 is 0 Å². The summed E-state index contributed by atoms with van der Waals surface area (Å²) in [5.41, 5.74) is 1.99. The zero-order valence-electron chi connectivity index (χ0n) is 16.3. The first-order valence-corrected chi connectivity index (χ1v) is 9.29. The highest BCUT2D eigenvalue weighted by Gasteiger charge is 2.25. The Labute approximate surface area is 161 Å². The highest BCUT2D eigenvalue weighted by molar-refractivity contribution is 5.87. The van der Waals surface area contributed by atoms with Crippen LogP contribution in [0.3, 0.4) is 0 Å². The van der Waals surface area contributed by atoms with Crippen molar-refractivity contribution in [3.8, 4) is 5.75 Å². The van der Waals surface area contributed by atoms with Crippen molar-refractivity contribution in [1.82, 2.24) is 10.2 Å². The maximum atomic E-state index is 12.6. The van der Waals surface area contributed by atoms with E-state index in [1.165, 1.54) is 0 Å². The largest absolute Gasteiger partial charge is 0.497 e. The van der Waals surface area contributed by atoms with Crippen LogP contribution in [0.1, 0.15) is 37.8 Å². The minimum absolute atomic E-state index is 0.0179. The third kappa shape index (κ3) is 6.13. The van der Waals surface area contributed by atoms with E-state index in [4.69, 9.17) is 4.74 Å². The van der Waals surface area contributed by atoms with Gasteiger partial charge in [0.2, 0.25) is 11.8 Å². The molecule has 2 amide bonds. The lowest BCUT2D eigenvalue weighted by atomic mass is 10.1. The second-order valence-corrected chi connectivity index (χ2v) is 6.50. The molecule has 0 aromatic heterocycles. The average molecular weight is 368 g/mol. The number of methoxy groups -OCH3 is 1. The van der Waals surface area contributed by atoms with Crippen molar-refractivity contribution >= 4 is 11.8 Å². The first kappa shape index (κ1) is 20.5. The van der Waals surface area contributed by atoms with Crippen LogP contribution in [0.15, 0.2) is 54.6 Å². The van der Waals surface area contributed by atoms with Crippen LogP contribution < -0.4 is 10.1 Å². The van der Waals surface area contributed by atoms with Gasteiger partial charge in [-0.1, -0.05) is 49.4 Å². The van der Waals surface area contributed by atoms with E-state index < -0.39 is 6.04 Å². The molecule has 2 aromatic carbocycles. The number of carbonyl (C=O) groups is 2. The minimum Gasteiger partial charge on any atom is -0.497 e. The predicted octanol–water partition coefficient (Wildman–Crippen LogP) is 3.53. The number of nitrogens with one attached hydrogen (secondary N) is 1. The molecule has 2 rings (SSSR count). The smallest absolute Gasteiger partial charge is 0.242 e. The lowest BCUT2D eigenvalue weighted by Crippen LogP contribution is -2.47. The molecule has 0 aliphatic carbocycles. The zero-order chi connectivity index (χ0) is 19.6. The summed E-state index contributed by atoms with van der Waals surface area (Å²) in [6, 6.07) is 16.7. The minimum atomic E-state index is -0.546. The quantitative estimate of drug-likeness (QED) is 0.737. The van der Waals surface area contributed by atoms with Crippen LogP contribution in [0.5, 0.6) is 5.75 Å². The van der Waals surface area contributed by atoms with E-state index in [0.717, 1.165) is 23.3 Å². The fraction of sp³-hybridized carbons (Fsp3) is 0.364. The molecule has 5 heteroatoms. The van der Waals surface area contributed by atoms with Gasteiger partial charge in [0.25, 0.3) is 0 Å². The maximum Gasteiger partial charge on any atom is 0.242 e. The Morgan fingerprint density at radius 3 is 2.30 bits per heavy atom. The van der Waals surface area contributed by atoms with Gasteiger partial charge in [-0.15, -0.1) is 0 Å². The maximum absolute atomic E-state index is 12.6. The van der Waals surface area contributed by atoms with Gasteiger partial charge in [-0.05, 0) is 36.6 Å². The molecule has 27 heavy (non-hydrogen) atoms. The second kappa shape index (κ2) is 10.4. The lowest BCUT2D eigenvalue weighted by molar-refractivity contribution is -0.140. The molecule has 0 saturated carbocycles. The highest BCUT2D eigenvalue weighted by Crippen LogP contribution is 2.16. The van der Waals surface area contributed by atoms with E-state index in [9.17, 15) is 9.59 Å². The van der Waals surface area contributed by atoms with Gasteiger partial charge in [0.05, 0.1) is 7.11 Å². The second-order valence-electron chi connectivity index (χ2n) is 6.50. The molecule has 0 bridgehead atoms. The van der Waals surface area contributed by atoms with Gasteiger partial charge < -0.3 is 15.0 Å². The van der Waals surface area contributed by atoms with Crippen LogP contribution in [0, 0.1) is 0 Å². The molecule has 2 aromatic rings. The Morgan fingerprint density at radius 2 is 1.70 bits per heavy atom. The first-order chi connectivity index (χ1) is 13.0. The number of ether oxygens (including phenoxy) is 1.